The Morgan fingerprint density at radius 2 is 1.76 bits per heavy atom. The van der Waals surface area contributed by atoms with E-state index in [-0.39, 0.29) is 17.1 Å². The fourth-order valence-corrected chi connectivity index (χ4v) is 3.68. The number of rotatable bonds is 7. The molecule has 0 aliphatic carbocycles. The van der Waals surface area contributed by atoms with E-state index >= 15 is 0 Å². The highest BCUT2D eigenvalue weighted by atomic mass is 16.6. The van der Waals surface area contributed by atoms with Crippen molar-refractivity contribution in [1.29, 1.82) is 0 Å². The summed E-state index contributed by atoms with van der Waals surface area (Å²) < 4.78 is 22.3. The van der Waals surface area contributed by atoms with Gasteiger partial charge in [-0.1, -0.05) is 12.1 Å². The summed E-state index contributed by atoms with van der Waals surface area (Å²) in [7, 11) is 3.04. The van der Waals surface area contributed by atoms with Crippen molar-refractivity contribution in [3.05, 3.63) is 107 Å². The van der Waals surface area contributed by atoms with Gasteiger partial charge in [0.1, 0.15) is 5.75 Å². The highest BCUT2D eigenvalue weighted by molar-refractivity contribution is 5.89. The molecule has 0 unspecified atom stereocenters. The normalized spacial score (nSPS) is 11.1. The van der Waals surface area contributed by atoms with Gasteiger partial charge in [0.05, 0.1) is 37.6 Å². The Bertz CT molecular complexity index is 1650. The van der Waals surface area contributed by atoms with Crippen LogP contribution in [-0.4, -0.2) is 36.1 Å². The number of fused-ring (bicyclic) bond motifs is 1. The first-order chi connectivity index (χ1) is 18.1. The number of carbonyl (C=O) groups is 1. The second-order valence-electron chi connectivity index (χ2n) is 7.82. The number of nitrogens with zero attached hydrogens (tertiary/aromatic N) is 3. The third-order valence-corrected chi connectivity index (χ3v) is 5.54. The summed E-state index contributed by atoms with van der Waals surface area (Å²) in [6.07, 6.45) is 2.89. The van der Waals surface area contributed by atoms with Gasteiger partial charge in [0.2, 0.25) is 5.76 Å². The molecule has 0 spiro atoms. The summed E-state index contributed by atoms with van der Waals surface area (Å²) in [6.45, 7) is 0. The molecule has 5 rings (SSSR count). The van der Waals surface area contributed by atoms with Crippen LogP contribution in [0, 0.1) is 0 Å². The molecule has 0 atom stereocenters. The maximum atomic E-state index is 13.4. The largest absolute Gasteiger partial charge is 0.497 e. The number of esters is 1. The van der Waals surface area contributed by atoms with Crippen LogP contribution in [0.25, 0.3) is 22.3 Å². The molecule has 0 aliphatic rings. The Morgan fingerprint density at radius 1 is 0.946 bits per heavy atom. The van der Waals surface area contributed by atoms with E-state index in [1.54, 1.807) is 61.7 Å². The zero-order valence-corrected chi connectivity index (χ0v) is 20.0. The number of ether oxygens (including phenoxy) is 3. The first-order valence-corrected chi connectivity index (χ1v) is 11.2. The van der Waals surface area contributed by atoms with E-state index < -0.39 is 5.97 Å². The molecule has 0 aliphatic heterocycles. The zero-order valence-electron chi connectivity index (χ0n) is 20.0. The summed E-state index contributed by atoms with van der Waals surface area (Å²) in [5.74, 6) is 0.998. The van der Waals surface area contributed by atoms with Gasteiger partial charge in [-0.15, -0.1) is 0 Å². The van der Waals surface area contributed by atoms with Crippen molar-refractivity contribution in [3.63, 3.8) is 0 Å². The maximum Gasteiger partial charge on any atom is 0.379 e. The van der Waals surface area contributed by atoms with Crippen molar-refractivity contribution >= 4 is 23.1 Å². The molecule has 0 amide bonds. The number of benzene rings is 3. The van der Waals surface area contributed by atoms with Crippen LogP contribution in [0.3, 0.4) is 0 Å². The summed E-state index contributed by atoms with van der Waals surface area (Å²) >= 11 is 0. The molecule has 0 fully saturated rings. The Kier molecular flexibility index (Phi) is 6.50. The van der Waals surface area contributed by atoms with Gasteiger partial charge in [0.25, 0.3) is 5.56 Å². The van der Waals surface area contributed by atoms with Crippen LogP contribution in [0.2, 0.25) is 0 Å². The van der Waals surface area contributed by atoms with Crippen molar-refractivity contribution in [2.75, 3.05) is 14.2 Å². The van der Waals surface area contributed by atoms with E-state index in [9.17, 15) is 9.59 Å². The van der Waals surface area contributed by atoms with Gasteiger partial charge in [-0.05, 0) is 72.3 Å². The van der Waals surface area contributed by atoms with Crippen LogP contribution in [-0.2, 0) is 0 Å². The van der Waals surface area contributed by atoms with Gasteiger partial charge < -0.3 is 18.6 Å². The lowest BCUT2D eigenvalue weighted by Crippen LogP contribution is -2.20. The maximum absolute atomic E-state index is 13.4. The summed E-state index contributed by atoms with van der Waals surface area (Å²) in [5, 5.41) is 4.90. The minimum absolute atomic E-state index is 0.0712. The number of hydrogen-bond donors (Lipinski definition) is 0. The lowest BCUT2D eigenvalue weighted by Gasteiger charge is -2.11. The third-order valence-electron chi connectivity index (χ3n) is 5.54. The Balaban J connectivity index is 1.52. The molecule has 184 valence electrons. The molecule has 0 radical (unpaired) electrons. The molecule has 5 aromatic rings. The van der Waals surface area contributed by atoms with Gasteiger partial charge >= 0.3 is 5.97 Å². The molecule has 9 nitrogen and oxygen atoms in total. The Hall–Kier alpha value is -5.18. The monoisotopic (exact) mass is 495 g/mol. The molecule has 0 saturated heterocycles. The molecule has 3 aromatic carbocycles. The standard InChI is InChI=1S/C28H21N3O6/c1-34-20-12-10-19(11-13-20)26-30-22-7-4-3-6-21(22)27(32)31(26)29-17-18-9-14-23(25(16-18)35-2)37-28(33)24-8-5-15-36-24/h3-17H,1-2H3. The van der Waals surface area contributed by atoms with Crippen LogP contribution >= 0.6 is 0 Å². The van der Waals surface area contributed by atoms with Gasteiger partial charge in [-0.2, -0.15) is 9.78 Å². The van der Waals surface area contributed by atoms with Crippen LogP contribution in [0.15, 0.2) is 99.4 Å². The van der Waals surface area contributed by atoms with Crippen molar-refractivity contribution in [3.8, 4) is 28.6 Å². The SMILES string of the molecule is COc1ccc(-c2nc3ccccc3c(=O)n2N=Cc2ccc(OC(=O)c3ccco3)c(OC)c2)cc1. The lowest BCUT2D eigenvalue weighted by molar-refractivity contribution is 0.0696. The van der Waals surface area contributed by atoms with Crippen LogP contribution in [0.5, 0.6) is 17.2 Å². The van der Waals surface area contributed by atoms with Crippen molar-refractivity contribution < 1.29 is 23.4 Å². The summed E-state index contributed by atoms with van der Waals surface area (Å²) in [6, 6.07) is 22.3. The molecule has 0 bridgehead atoms. The molecule has 37 heavy (non-hydrogen) atoms. The van der Waals surface area contributed by atoms with E-state index in [1.165, 1.54) is 30.3 Å². The van der Waals surface area contributed by atoms with E-state index in [2.05, 4.69) is 5.10 Å². The average molecular weight is 495 g/mol. The molecule has 0 N–H and O–H groups in total. The average Bonchev–Trinajstić information content (AvgIpc) is 3.48. The summed E-state index contributed by atoms with van der Waals surface area (Å²) in [5.41, 5.74) is 1.55. The molecule has 2 aromatic heterocycles. The second kappa shape index (κ2) is 10.2. The number of aromatic nitrogens is 2. The Morgan fingerprint density at radius 3 is 2.49 bits per heavy atom. The minimum atomic E-state index is -0.650. The topological polar surface area (TPSA) is 105 Å². The van der Waals surface area contributed by atoms with Crippen LogP contribution in [0.4, 0.5) is 0 Å². The quantitative estimate of drug-likeness (QED) is 0.182. The van der Waals surface area contributed by atoms with Crippen LogP contribution in [0.1, 0.15) is 16.1 Å². The van der Waals surface area contributed by atoms with Crippen molar-refractivity contribution in [2.45, 2.75) is 0 Å². The van der Waals surface area contributed by atoms with Gasteiger partial charge in [0.15, 0.2) is 17.3 Å². The molecular formula is C28H21N3O6. The zero-order chi connectivity index (χ0) is 25.8. The summed E-state index contributed by atoms with van der Waals surface area (Å²) in [4.78, 5) is 30.3. The first-order valence-electron chi connectivity index (χ1n) is 11.2. The predicted molar refractivity (Wildman–Crippen MR) is 138 cm³/mol. The molecule has 0 saturated carbocycles. The highest BCUT2D eigenvalue weighted by Crippen LogP contribution is 2.29. The number of hydrogen-bond acceptors (Lipinski definition) is 8. The molecule has 9 heteroatoms. The van der Waals surface area contributed by atoms with E-state index in [0.29, 0.717) is 39.4 Å². The molecular weight excluding hydrogens is 474 g/mol. The predicted octanol–water partition coefficient (Wildman–Crippen LogP) is 4.78. The molecule has 2 heterocycles. The van der Waals surface area contributed by atoms with E-state index in [1.807, 2.05) is 18.2 Å². The first kappa shape index (κ1) is 23.6. The third kappa shape index (κ3) is 4.83. The van der Waals surface area contributed by atoms with Gasteiger partial charge in [-0.3, -0.25) is 4.79 Å². The fourth-order valence-electron chi connectivity index (χ4n) is 3.68. The van der Waals surface area contributed by atoms with Gasteiger partial charge in [0, 0.05) is 5.56 Å². The smallest absolute Gasteiger partial charge is 0.379 e. The highest BCUT2D eigenvalue weighted by Gasteiger charge is 2.16. The number of carbonyl (C=O) groups excluding carboxylic acids is 1. The van der Waals surface area contributed by atoms with Crippen LogP contribution < -0.4 is 19.8 Å². The van der Waals surface area contributed by atoms with Gasteiger partial charge in [-0.25, -0.2) is 9.78 Å². The second-order valence-corrected chi connectivity index (χ2v) is 7.82. The van der Waals surface area contributed by atoms with E-state index in [0.717, 1.165) is 0 Å². The van der Waals surface area contributed by atoms with Crippen molar-refractivity contribution in [1.82, 2.24) is 9.66 Å². The van der Waals surface area contributed by atoms with E-state index in [4.69, 9.17) is 23.6 Å². The fraction of sp³-hybridized carbons (Fsp3) is 0.0714. The number of methoxy groups -OCH3 is 2. The van der Waals surface area contributed by atoms with Crippen molar-refractivity contribution in [2.24, 2.45) is 5.10 Å². The lowest BCUT2D eigenvalue weighted by atomic mass is 10.2. The minimum Gasteiger partial charge on any atom is -0.497 e. The number of para-hydroxylation sites is 1. The Labute approximate surface area is 211 Å². The number of furan rings is 1.